The predicted molar refractivity (Wildman–Crippen MR) is 87.2 cm³/mol. The molecular formula is C15H16N4O4S. The van der Waals surface area contributed by atoms with Gasteiger partial charge in [-0.05, 0) is 37.1 Å². The van der Waals surface area contributed by atoms with Crippen LogP contribution in [0.3, 0.4) is 0 Å². The van der Waals surface area contributed by atoms with Crippen LogP contribution in [0.5, 0.6) is 0 Å². The maximum absolute atomic E-state index is 12.5. The van der Waals surface area contributed by atoms with E-state index in [0.717, 1.165) is 12.8 Å². The summed E-state index contributed by atoms with van der Waals surface area (Å²) >= 11 is 0. The molecule has 2 N–H and O–H groups in total. The Balaban J connectivity index is 1.81. The van der Waals surface area contributed by atoms with Crippen LogP contribution in [0.2, 0.25) is 0 Å². The normalized spacial score (nSPS) is 15.3. The number of carbonyl (C=O) groups is 1. The van der Waals surface area contributed by atoms with Gasteiger partial charge in [-0.25, -0.2) is 13.5 Å². The standard InChI is InChI=1S/C15H16N4O4S/c20-14-7-6-13(17-18-14)15(21)16-11-4-3-5-12(10-11)24(22,23)19-8-1-2-9-19/h3-7,10H,1-2,8-9H2,(H,16,21)(H,18,20). The number of nitrogens with zero attached hydrogens (tertiary/aromatic N) is 2. The number of nitrogens with one attached hydrogen (secondary N) is 2. The molecule has 1 aromatic carbocycles. The summed E-state index contributed by atoms with van der Waals surface area (Å²) in [5, 5.41) is 8.38. The maximum atomic E-state index is 12.5. The molecule has 2 heterocycles. The summed E-state index contributed by atoms with van der Waals surface area (Å²) < 4.78 is 26.5. The second-order valence-corrected chi connectivity index (χ2v) is 7.34. The Morgan fingerprint density at radius 2 is 1.92 bits per heavy atom. The van der Waals surface area contributed by atoms with Gasteiger partial charge < -0.3 is 5.32 Å². The van der Waals surface area contributed by atoms with E-state index in [2.05, 4.69) is 15.5 Å². The van der Waals surface area contributed by atoms with E-state index < -0.39 is 21.5 Å². The number of amides is 1. The van der Waals surface area contributed by atoms with Crippen molar-refractivity contribution in [2.24, 2.45) is 0 Å². The van der Waals surface area contributed by atoms with Gasteiger partial charge in [0.05, 0.1) is 4.90 Å². The molecule has 126 valence electrons. The van der Waals surface area contributed by atoms with Gasteiger partial charge in [-0.15, -0.1) is 0 Å². The van der Waals surface area contributed by atoms with E-state index in [0.29, 0.717) is 18.8 Å². The molecule has 9 heteroatoms. The van der Waals surface area contributed by atoms with Crippen molar-refractivity contribution in [2.75, 3.05) is 18.4 Å². The van der Waals surface area contributed by atoms with Crippen LogP contribution < -0.4 is 10.9 Å². The third-order valence-electron chi connectivity index (χ3n) is 3.71. The molecule has 0 saturated carbocycles. The Morgan fingerprint density at radius 3 is 2.58 bits per heavy atom. The van der Waals surface area contributed by atoms with E-state index in [9.17, 15) is 18.0 Å². The monoisotopic (exact) mass is 348 g/mol. The minimum absolute atomic E-state index is 0.0300. The molecule has 0 bridgehead atoms. The molecule has 0 atom stereocenters. The summed E-state index contributed by atoms with van der Waals surface area (Å²) in [5.41, 5.74) is -0.0408. The lowest BCUT2D eigenvalue weighted by molar-refractivity contribution is 0.102. The number of hydrogen-bond acceptors (Lipinski definition) is 5. The van der Waals surface area contributed by atoms with Gasteiger partial charge in [0, 0.05) is 24.8 Å². The first kappa shape index (κ1) is 16.3. The van der Waals surface area contributed by atoms with Crippen molar-refractivity contribution in [1.29, 1.82) is 0 Å². The molecule has 1 amide bonds. The van der Waals surface area contributed by atoms with Crippen molar-refractivity contribution in [1.82, 2.24) is 14.5 Å². The van der Waals surface area contributed by atoms with Crippen LogP contribution in [0.15, 0.2) is 46.1 Å². The molecule has 0 spiro atoms. The van der Waals surface area contributed by atoms with Crippen LogP contribution in [0.1, 0.15) is 23.3 Å². The number of rotatable bonds is 4. The first-order valence-electron chi connectivity index (χ1n) is 7.44. The molecule has 24 heavy (non-hydrogen) atoms. The number of anilines is 1. The average molecular weight is 348 g/mol. The van der Waals surface area contributed by atoms with Gasteiger partial charge in [0.2, 0.25) is 10.0 Å². The number of aromatic nitrogens is 2. The van der Waals surface area contributed by atoms with Crippen LogP contribution in [0.25, 0.3) is 0 Å². The number of aromatic amines is 1. The van der Waals surface area contributed by atoms with Gasteiger partial charge in [-0.1, -0.05) is 6.07 Å². The Kier molecular flexibility index (Phi) is 4.45. The minimum atomic E-state index is -3.55. The molecule has 0 aliphatic carbocycles. The molecule has 1 aliphatic rings. The van der Waals surface area contributed by atoms with E-state index in [1.807, 2.05) is 0 Å². The Hall–Kier alpha value is -2.52. The number of H-pyrrole nitrogens is 1. The molecule has 0 unspecified atom stereocenters. The van der Waals surface area contributed by atoms with Crippen LogP contribution in [-0.4, -0.2) is 41.9 Å². The van der Waals surface area contributed by atoms with E-state index in [1.54, 1.807) is 12.1 Å². The summed E-state index contributed by atoms with van der Waals surface area (Å²) in [5.74, 6) is -0.540. The SMILES string of the molecule is O=C(Nc1cccc(S(=O)(=O)N2CCCC2)c1)c1ccc(=O)[nH]n1. The smallest absolute Gasteiger partial charge is 0.276 e. The second kappa shape index (κ2) is 6.54. The van der Waals surface area contributed by atoms with E-state index in [-0.39, 0.29) is 10.6 Å². The van der Waals surface area contributed by atoms with Crippen LogP contribution in [0.4, 0.5) is 5.69 Å². The maximum Gasteiger partial charge on any atom is 0.276 e. The summed E-state index contributed by atoms with van der Waals surface area (Å²) in [7, 11) is -3.55. The van der Waals surface area contributed by atoms with E-state index in [4.69, 9.17) is 0 Å². The van der Waals surface area contributed by atoms with Crippen molar-refractivity contribution >= 4 is 21.6 Å². The summed E-state index contributed by atoms with van der Waals surface area (Å²) in [6, 6.07) is 8.55. The highest BCUT2D eigenvalue weighted by Gasteiger charge is 2.27. The predicted octanol–water partition coefficient (Wildman–Crippen LogP) is 0.807. The lowest BCUT2D eigenvalue weighted by Crippen LogP contribution is -2.28. The van der Waals surface area contributed by atoms with Crippen molar-refractivity contribution < 1.29 is 13.2 Å². The third kappa shape index (κ3) is 3.36. The zero-order valence-corrected chi connectivity index (χ0v) is 13.5. The third-order valence-corrected chi connectivity index (χ3v) is 5.60. The zero-order valence-electron chi connectivity index (χ0n) is 12.7. The Labute approximate surface area is 138 Å². The lowest BCUT2D eigenvalue weighted by Gasteiger charge is -2.16. The van der Waals surface area contributed by atoms with Gasteiger partial charge in [0.25, 0.3) is 11.5 Å². The van der Waals surface area contributed by atoms with E-state index in [1.165, 1.54) is 28.6 Å². The molecule has 2 aromatic rings. The first-order valence-corrected chi connectivity index (χ1v) is 8.88. The fraction of sp³-hybridized carbons (Fsp3) is 0.267. The first-order chi connectivity index (χ1) is 11.5. The van der Waals surface area contributed by atoms with Crippen molar-refractivity contribution in [3.8, 4) is 0 Å². The summed E-state index contributed by atoms with van der Waals surface area (Å²) in [4.78, 5) is 23.2. The lowest BCUT2D eigenvalue weighted by atomic mass is 10.3. The van der Waals surface area contributed by atoms with Gasteiger partial charge in [-0.2, -0.15) is 9.40 Å². The molecule has 1 fully saturated rings. The molecule has 3 rings (SSSR count). The topological polar surface area (TPSA) is 112 Å². The minimum Gasteiger partial charge on any atom is -0.321 e. The zero-order chi connectivity index (χ0) is 17.2. The highest BCUT2D eigenvalue weighted by molar-refractivity contribution is 7.89. The Bertz CT molecular complexity index is 897. The highest BCUT2D eigenvalue weighted by Crippen LogP contribution is 2.23. The van der Waals surface area contributed by atoms with Crippen LogP contribution in [0, 0.1) is 0 Å². The van der Waals surface area contributed by atoms with Gasteiger partial charge in [0.1, 0.15) is 5.69 Å². The number of carbonyl (C=O) groups excluding carboxylic acids is 1. The molecule has 1 saturated heterocycles. The number of benzene rings is 1. The molecule has 1 aliphatic heterocycles. The van der Waals surface area contributed by atoms with Crippen molar-refractivity contribution in [3.05, 3.63) is 52.4 Å². The van der Waals surface area contributed by atoms with E-state index >= 15 is 0 Å². The molecule has 0 radical (unpaired) electrons. The largest absolute Gasteiger partial charge is 0.321 e. The average Bonchev–Trinajstić information content (AvgIpc) is 3.11. The van der Waals surface area contributed by atoms with Crippen LogP contribution in [-0.2, 0) is 10.0 Å². The van der Waals surface area contributed by atoms with Crippen molar-refractivity contribution in [2.45, 2.75) is 17.7 Å². The second-order valence-electron chi connectivity index (χ2n) is 5.40. The van der Waals surface area contributed by atoms with Crippen LogP contribution >= 0.6 is 0 Å². The quantitative estimate of drug-likeness (QED) is 0.849. The summed E-state index contributed by atoms with van der Waals surface area (Å²) in [6.07, 6.45) is 1.71. The fourth-order valence-corrected chi connectivity index (χ4v) is 4.04. The highest BCUT2D eigenvalue weighted by atomic mass is 32.2. The number of sulfonamides is 1. The molecule has 8 nitrogen and oxygen atoms in total. The Morgan fingerprint density at radius 1 is 1.17 bits per heavy atom. The summed E-state index contributed by atoms with van der Waals surface area (Å²) in [6.45, 7) is 1.03. The van der Waals surface area contributed by atoms with Gasteiger partial charge in [-0.3, -0.25) is 9.59 Å². The molecule has 1 aromatic heterocycles. The fourth-order valence-electron chi connectivity index (χ4n) is 2.48. The molecular weight excluding hydrogens is 332 g/mol. The van der Waals surface area contributed by atoms with Gasteiger partial charge >= 0.3 is 0 Å². The van der Waals surface area contributed by atoms with Gasteiger partial charge in [0.15, 0.2) is 0 Å². The number of hydrogen-bond donors (Lipinski definition) is 2. The van der Waals surface area contributed by atoms with Crippen molar-refractivity contribution in [3.63, 3.8) is 0 Å².